The largest absolute Gasteiger partial charge is 0.295 e. The van der Waals surface area contributed by atoms with E-state index in [-0.39, 0.29) is 5.78 Å². The van der Waals surface area contributed by atoms with E-state index in [9.17, 15) is 4.79 Å². The predicted molar refractivity (Wildman–Crippen MR) is 70.0 cm³/mol. The van der Waals surface area contributed by atoms with Gasteiger partial charge in [0.2, 0.25) is 0 Å². The van der Waals surface area contributed by atoms with Gasteiger partial charge < -0.3 is 0 Å². The number of ketones is 1. The van der Waals surface area contributed by atoms with E-state index in [0.717, 1.165) is 16.8 Å². The van der Waals surface area contributed by atoms with E-state index in [4.69, 9.17) is 0 Å². The minimum absolute atomic E-state index is 0.0766. The van der Waals surface area contributed by atoms with Crippen molar-refractivity contribution in [3.8, 4) is 11.3 Å². The molecule has 0 atom stereocenters. The third-order valence-corrected chi connectivity index (χ3v) is 2.28. The number of benzene rings is 1. The van der Waals surface area contributed by atoms with Gasteiger partial charge in [-0.1, -0.05) is 32.0 Å². The number of carbonyl (C=O) groups is 1. The fourth-order valence-electron chi connectivity index (χ4n) is 1.47. The molecule has 0 unspecified atom stereocenters. The van der Waals surface area contributed by atoms with Gasteiger partial charge in [0.05, 0.1) is 5.69 Å². The van der Waals surface area contributed by atoms with E-state index < -0.39 is 0 Å². The van der Waals surface area contributed by atoms with Crippen LogP contribution >= 0.6 is 0 Å². The molecular formula is C14H18N2O. The maximum Gasteiger partial charge on any atom is 0.159 e. The minimum Gasteiger partial charge on any atom is -0.295 e. The lowest BCUT2D eigenvalue weighted by Gasteiger charge is -1.99. The van der Waals surface area contributed by atoms with Crippen LogP contribution in [0.4, 0.5) is 0 Å². The van der Waals surface area contributed by atoms with Crippen LogP contribution in [0.2, 0.25) is 0 Å². The molecule has 17 heavy (non-hydrogen) atoms. The summed E-state index contributed by atoms with van der Waals surface area (Å²) in [6.07, 6.45) is 1.88. The van der Waals surface area contributed by atoms with Crippen LogP contribution in [-0.4, -0.2) is 15.6 Å². The Bertz CT molecular complexity index is 500. The van der Waals surface area contributed by atoms with Gasteiger partial charge in [-0.05, 0) is 19.1 Å². The zero-order chi connectivity index (χ0) is 12.8. The van der Waals surface area contributed by atoms with Crippen molar-refractivity contribution in [3.05, 3.63) is 42.1 Å². The number of hydrogen-bond donors (Lipinski definition) is 0. The molecule has 3 nitrogen and oxygen atoms in total. The van der Waals surface area contributed by atoms with Crippen molar-refractivity contribution in [2.24, 2.45) is 7.05 Å². The van der Waals surface area contributed by atoms with E-state index in [0.29, 0.717) is 0 Å². The minimum atomic E-state index is 0.0766. The van der Waals surface area contributed by atoms with Crippen molar-refractivity contribution in [3.63, 3.8) is 0 Å². The summed E-state index contributed by atoms with van der Waals surface area (Å²) in [5.74, 6) is 0.0766. The molecule has 0 aliphatic heterocycles. The van der Waals surface area contributed by atoms with E-state index in [1.165, 1.54) is 0 Å². The Labute approximate surface area is 102 Å². The Kier molecular flexibility index (Phi) is 4.64. The molecule has 0 saturated carbocycles. The van der Waals surface area contributed by atoms with Gasteiger partial charge in [0.25, 0.3) is 0 Å². The highest BCUT2D eigenvalue weighted by Gasteiger charge is 2.04. The Balaban J connectivity index is 0.000000686. The fourth-order valence-corrected chi connectivity index (χ4v) is 1.47. The van der Waals surface area contributed by atoms with Crippen LogP contribution in [0.5, 0.6) is 0 Å². The number of carbonyl (C=O) groups excluding carboxylic acids is 1. The lowest BCUT2D eigenvalue weighted by molar-refractivity contribution is 0.101. The normalized spacial score (nSPS) is 9.41. The van der Waals surface area contributed by atoms with Crippen LogP contribution in [-0.2, 0) is 7.05 Å². The smallest absolute Gasteiger partial charge is 0.159 e. The molecule has 1 aromatic carbocycles. The molecule has 0 fully saturated rings. The number of aromatic nitrogens is 2. The van der Waals surface area contributed by atoms with Crippen LogP contribution in [0.25, 0.3) is 11.3 Å². The number of hydrogen-bond acceptors (Lipinski definition) is 2. The first kappa shape index (κ1) is 13.2. The number of aryl methyl sites for hydroxylation is 1. The molecule has 0 aliphatic carbocycles. The van der Waals surface area contributed by atoms with Crippen LogP contribution in [0.15, 0.2) is 36.5 Å². The topological polar surface area (TPSA) is 34.9 Å². The average molecular weight is 230 g/mol. The molecule has 0 bridgehead atoms. The molecule has 90 valence electrons. The highest BCUT2D eigenvalue weighted by Crippen LogP contribution is 2.18. The van der Waals surface area contributed by atoms with Gasteiger partial charge in [-0.3, -0.25) is 9.48 Å². The number of Topliss-reactive ketones (excluding diaryl/α,β-unsaturated/α-hetero) is 1. The molecule has 3 heteroatoms. The first-order chi connectivity index (χ1) is 8.16. The molecule has 0 N–H and O–H groups in total. The van der Waals surface area contributed by atoms with Gasteiger partial charge in [0, 0.05) is 24.4 Å². The Morgan fingerprint density at radius 1 is 1.24 bits per heavy atom. The maximum absolute atomic E-state index is 11.2. The lowest BCUT2D eigenvalue weighted by atomic mass is 10.1. The molecule has 1 heterocycles. The third kappa shape index (κ3) is 3.28. The van der Waals surface area contributed by atoms with E-state index >= 15 is 0 Å². The zero-order valence-electron chi connectivity index (χ0n) is 10.8. The van der Waals surface area contributed by atoms with Gasteiger partial charge in [0.1, 0.15) is 0 Å². The summed E-state index contributed by atoms with van der Waals surface area (Å²) >= 11 is 0. The molecule has 1 aromatic heterocycles. The highest BCUT2D eigenvalue weighted by atomic mass is 16.1. The average Bonchev–Trinajstić information content (AvgIpc) is 2.79. The van der Waals surface area contributed by atoms with Crippen molar-refractivity contribution in [2.75, 3.05) is 0 Å². The van der Waals surface area contributed by atoms with Crippen molar-refractivity contribution in [2.45, 2.75) is 20.8 Å². The van der Waals surface area contributed by atoms with E-state index in [2.05, 4.69) is 5.10 Å². The first-order valence-corrected chi connectivity index (χ1v) is 5.78. The summed E-state index contributed by atoms with van der Waals surface area (Å²) in [6.45, 7) is 5.57. The van der Waals surface area contributed by atoms with Crippen molar-refractivity contribution in [1.29, 1.82) is 0 Å². The molecule has 0 aliphatic rings. The van der Waals surface area contributed by atoms with Gasteiger partial charge in [-0.2, -0.15) is 5.10 Å². The maximum atomic E-state index is 11.2. The summed E-state index contributed by atoms with van der Waals surface area (Å²) in [5.41, 5.74) is 2.59. The Hall–Kier alpha value is -1.90. The molecule has 2 aromatic rings. The molecule has 0 radical (unpaired) electrons. The van der Waals surface area contributed by atoms with Gasteiger partial charge >= 0.3 is 0 Å². The zero-order valence-corrected chi connectivity index (χ0v) is 10.8. The molecular weight excluding hydrogens is 212 g/mol. The van der Waals surface area contributed by atoms with Gasteiger partial charge in [-0.25, -0.2) is 0 Å². The molecule has 0 spiro atoms. The highest BCUT2D eigenvalue weighted by molar-refractivity contribution is 5.95. The predicted octanol–water partition coefficient (Wildman–Crippen LogP) is 3.32. The summed E-state index contributed by atoms with van der Waals surface area (Å²) < 4.78 is 1.75. The van der Waals surface area contributed by atoms with Gasteiger partial charge in [-0.15, -0.1) is 0 Å². The standard InChI is InChI=1S/C12H12N2O.C2H6/c1-9(15)10-4-3-5-11(8-10)12-6-7-14(2)13-12;1-2/h3-8H,1-2H3;1-2H3. The summed E-state index contributed by atoms with van der Waals surface area (Å²) in [4.78, 5) is 11.2. The molecule has 0 saturated heterocycles. The van der Waals surface area contributed by atoms with Crippen LogP contribution in [0.3, 0.4) is 0 Å². The first-order valence-electron chi connectivity index (χ1n) is 5.78. The second kappa shape index (κ2) is 5.99. The third-order valence-electron chi connectivity index (χ3n) is 2.28. The van der Waals surface area contributed by atoms with E-state index in [1.807, 2.05) is 57.4 Å². The van der Waals surface area contributed by atoms with Crippen LogP contribution < -0.4 is 0 Å². The van der Waals surface area contributed by atoms with Crippen LogP contribution in [0.1, 0.15) is 31.1 Å². The Morgan fingerprint density at radius 3 is 2.47 bits per heavy atom. The van der Waals surface area contributed by atoms with Crippen molar-refractivity contribution >= 4 is 5.78 Å². The van der Waals surface area contributed by atoms with Crippen molar-refractivity contribution in [1.82, 2.24) is 9.78 Å². The lowest BCUT2D eigenvalue weighted by Crippen LogP contribution is -1.92. The second-order valence-corrected chi connectivity index (χ2v) is 3.51. The Morgan fingerprint density at radius 2 is 1.94 bits per heavy atom. The van der Waals surface area contributed by atoms with Crippen molar-refractivity contribution < 1.29 is 4.79 Å². The molecule has 0 amide bonds. The second-order valence-electron chi connectivity index (χ2n) is 3.51. The summed E-state index contributed by atoms with van der Waals surface area (Å²) in [6, 6.07) is 9.44. The SMILES string of the molecule is CC.CC(=O)c1cccc(-c2ccn(C)n2)c1. The number of nitrogens with zero attached hydrogens (tertiary/aromatic N) is 2. The monoisotopic (exact) mass is 230 g/mol. The fraction of sp³-hybridized carbons (Fsp3) is 0.286. The van der Waals surface area contributed by atoms with E-state index in [1.54, 1.807) is 11.6 Å². The van der Waals surface area contributed by atoms with Crippen LogP contribution in [0, 0.1) is 0 Å². The quantitative estimate of drug-likeness (QED) is 0.742. The summed E-state index contributed by atoms with van der Waals surface area (Å²) in [7, 11) is 1.87. The summed E-state index contributed by atoms with van der Waals surface area (Å²) in [5, 5.41) is 4.29. The number of rotatable bonds is 2. The van der Waals surface area contributed by atoms with Gasteiger partial charge in [0.15, 0.2) is 5.78 Å². The molecule has 2 rings (SSSR count).